The predicted octanol–water partition coefficient (Wildman–Crippen LogP) is 1.90. The van der Waals surface area contributed by atoms with Crippen LogP contribution in [0, 0.1) is 11.3 Å². The van der Waals surface area contributed by atoms with Crippen molar-refractivity contribution >= 4 is 22.9 Å². The number of para-hydroxylation sites is 2. The zero-order valence-corrected chi connectivity index (χ0v) is 13.7. The number of benzene rings is 1. The van der Waals surface area contributed by atoms with E-state index < -0.39 is 0 Å². The molecule has 2 rings (SSSR count). The molecule has 0 saturated carbocycles. The molecule has 0 amide bonds. The lowest BCUT2D eigenvalue weighted by atomic mass is 10.1. The third kappa shape index (κ3) is 3.31. The number of allylic oxidation sites excluding steroid dienone is 1. The molecule has 116 valence electrons. The van der Waals surface area contributed by atoms with Gasteiger partial charge in [0.1, 0.15) is 22.4 Å². The first kappa shape index (κ1) is 16.1. The summed E-state index contributed by atoms with van der Waals surface area (Å²) in [6.07, 6.45) is 0. The quantitative estimate of drug-likeness (QED) is 0.520. The van der Waals surface area contributed by atoms with Gasteiger partial charge in [0, 0.05) is 31.9 Å². The minimum absolute atomic E-state index is 0.159. The van der Waals surface area contributed by atoms with Gasteiger partial charge in [0.15, 0.2) is 0 Å². The molecular formula is C16H20N4OS. The van der Waals surface area contributed by atoms with Gasteiger partial charge in [0.25, 0.3) is 0 Å². The summed E-state index contributed by atoms with van der Waals surface area (Å²) in [6, 6.07) is 10.1. The van der Waals surface area contributed by atoms with Crippen LogP contribution >= 0.6 is 12.2 Å². The maximum atomic E-state index is 9.17. The first-order chi connectivity index (χ1) is 10.6. The lowest BCUT2D eigenvalue weighted by Gasteiger charge is -2.38. The number of thiocarbonyl (C=S) groups is 1. The summed E-state index contributed by atoms with van der Waals surface area (Å²) in [5, 5.41) is 9.17. The van der Waals surface area contributed by atoms with Crippen molar-refractivity contribution in [2.45, 2.75) is 6.92 Å². The second-order valence-corrected chi connectivity index (χ2v) is 5.52. The molecule has 2 N–H and O–H groups in total. The largest absolute Gasteiger partial charge is 0.495 e. The highest BCUT2D eigenvalue weighted by atomic mass is 32.1. The highest BCUT2D eigenvalue weighted by Gasteiger charge is 2.21. The van der Waals surface area contributed by atoms with Gasteiger partial charge in [-0.05, 0) is 19.1 Å². The van der Waals surface area contributed by atoms with Gasteiger partial charge in [-0.3, -0.25) is 0 Å². The van der Waals surface area contributed by atoms with Crippen molar-refractivity contribution in [3.05, 3.63) is 35.5 Å². The molecular weight excluding hydrogens is 296 g/mol. The summed E-state index contributed by atoms with van der Waals surface area (Å²) in [5.41, 5.74) is 7.97. The van der Waals surface area contributed by atoms with Crippen LogP contribution in [0.1, 0.15) is 6.92 Å². The average Bonchev–Trinajstić information content (AvgIpc) is 2.55. The summed E-state index contributed by atoms with van der Waals surface area (Å²) < 4.78 is 5.42. The SMILES string of the molecule is COc1ccccc1N1CCN(C(C)=C(C#N)C(N)=S)CC1. The zero-order valence-electron chi connectivity index (χ0n) is 12.9. The van der Waals surface area contributed by atoms with E-state index >= 15 is 0 Å². The van der Waals surface area contributed by atoms with Gasteiger partial charge in [0.05, 0.1) is 12.8 Å². The standard InChI is InChI=1S/C16H20N4OS/c1-12(13(11-17)16(18)22)19-7-9-20(10-8-19)14-5-3-4-6-15(14)21-2/h3-6H,7-10H2,1-2H3,(H2,18,22). The maximum Gasteiger partial charge on any atom is 0.142 e. The van der Waals surface area contributed by atoms with E-state index in [0.29, 0.717) is 5.57 Å². The van der Waals surface area contributed by atoms with Crippen molar-refractivity contribution in [1.29, 1.82) is 5.26 Å². The Morgan fingerprint density at radius 1 is 1.27 bits per heavy atom. The second kappa shape index (κ2) is 7.14. The molecule has 0 bridgehead atoms. The normalized spacial score (nSPS) is 15.9. The van der Waals surface area contributed by atoms with Crippen LogP contribution in [0.3, 0.4) is 0 Å². The molecule has 1 heterocycles. The van der Waals surface area contributed by atoms with Gasteiger partial charge in [-0.1, -0.05) is 24.4 Å². The molecule has 0 radical (unpaired) electrons. The Bertz CT molecular complexity index is 627. The minimum Gasteiger partial charge on any atom is -0.495 e. The minimum atomic E-state index is 0.159. The van der Waals surface area contributed by atoms with Crippen molar-refractivity contribution in [3.63, 3.8) is 0 Å². The molecule has 0 aliphatic carbocycles. The summed E-state index contributed by atoms with van der Waals surface area (Å²) in [7, 11) is 1.68. The Kier molecular flexibility index (Phi) is 5.23. The van der Waals surface area contributed by atoms with Gasteiger partial charge >= 0.3 is 0 Å². The molecule has 1 fully saturated rings. The number of ether oxygens (including phenoxy) is 1. The molecule has 0 spiro atoms. The van der Waals surface area contributed by atoms with Crippen molar-refractivity contribution in [3.8, 4) is 11.8 Å². The molecule has 1 aliphatic heterocycles. The monoisotopic (exact) mass is 316 g/mol. The third-order valence-electron chi connectivity index (χ3n) is 3.90. The van der Waals surface area contributed by atoms with Crippen LogP contribution in [-0.4, -0.2) is 43.2 Å². The van der Waals surface area contributed by atoms with E-state index in [9.17, 15) is 0 Å². The fraction of sp³-hybridized carbons (Fsp3) is 0.375. The number of hydrogen-bond acceptors (Lipinski definition) is 5. The smallest absolute Gasteiger partial charge is 0.142 e. The fourth-order valence-electron chi connectivity index (χ4n) is 2.65. The van der Waals surface area contributed by atoms with E-state index in [0.717, 1.165) is 43.3 Å². The van der Waals surface area contributed by atoms with E-state index in [2.05, 4.69) is 21.9 Å². The number of nitrogens with zero attached hydrogens (tertiary/aromatic N) is 3. The predicted molar refractivity (Wildman–Crippen MR) is 91.9 cm³/mol. The van der Waals surface area contributed by atoms with E-state index in [1.807, 2.05) is 25.1 Å². The average molecular weight is 316 g/mol. The fourth-order valence-corrected chi connectivity index (χ4v) is 2.84. The van der Waals surface area contributed by atoms with Crippen LogP contribution in [0.15, 0.2) is 35.5 Å². The van der Waals surface area contributed by atoms with Crippen molar-refractivity contribution in [1.82, 2.24) is 4.90 Å². The Hall–Kier alpha value is -2.26. The lowest BCUT2D eigenvalue weighted by molar-refractivity contribution is 0.319. The first-order valence-electron chi connectivity index (χ1n) is 7.12. The molecule has 1 aromatic carbocycles. The Morgan fingerprint density at radius 3 is 2.45 bits per heavy atom. The third-order valence-corrected chi connectivity index (χ3v) is 4.10. The Labute approximate surface area is 136 Å². The van der Waals surface area contributed by atoms with E-state index in [4.69, 9.17) is 28.0 Å². The van der Waals surface area contributed by atoms with Crippen LogP contribution in [0.2, 0.25) is 0 Å². The van der Waals surface area contributed by atoms with Crippen LogP contribution in [0.5, 0.6) is 5.75 Å². The topological polar surface area (TPSA) is 65.5 Å². The summed E-state index contributed by atoms with van der Waals surface area (Å²) in [6.45, 7) is 5.24. The van der Waals surface area contributed by atoms with Crippen LogP contribution in [0.4, 0.5) is 5.69 Å². The summed E-state index contributed by atoms with van der Waals surface area (Å²) in [4.78, 5) is 4.60. The van der Waals surface area contributed by atoms with Crippen molar-refractivity contribution in [2.24, 2.45) is 5.73 Å². The molecule has 5 nitrogen and oxygen atoms in total. The van der Waals surface area contributed by atoms with Crippen LogP contribution < -0.4 is 15.4 Å². The van der Waals surface area contributed by atoms with Crippen molar-refractivity contribution < 1.29 is 4.74 Å². The number of piperazine rings is 1. The van der Waals surface area contributed by atoms with E-state index in [-0.39, 0.29) is 4.99 Å². The van der Waals surface area contributed by atoms with Crippen molar-refractivity contribution in [2.75, 3.05) is 38.2 Å². The van der Waals surface area contributed by atoms with Crippen LogP contribution in [0.25, 0.3) is 0 Å². The molecule has 0 unspecified atom stereocenters. The number of nitriles is 1. The highest BCUT2D eigenvalue weighted by Crippen LogP contribution is 2.28. The van der Waals surface area contributed by atoms with E-state index in [1.165, 1.54) is 0 Å². The zero-order chi connectivity index (χ0) is 16.1. The highest BCUT2D eigenvalue weighted by molar-refractivity contribution is 7.80. The molecule has 1 aliphatic rings. The number of anilines is 1. The number of rotatable bonds is 4. The summed E-state index contributed by atoms with van der Waals surface area (Å²) in [5.74, 6) is 0.879. The van der Waals surface area contributed by atoms with Gasteiger partial charge in [-0.2, -0.15) is 5.26 Å². The molecule has 0 atom stereocenters. The first-order valence-corrected chi connectivity index (χ1v) is 7.53. The molecule has 0 aromatic heterocycles. The van der Waals surface area contributed by atoms with Crippen LogP contribution in [-0.2, 0) is 0 Å². The van der Waals surface area contributed by atoms with Gasteiger partial charge in [-0.25, -0.2) is 0 Å². The number of methoxy groups -OCH3 is 1. The Balaban J connectivity index is 2.11. The van der Waals surface area contributed by atoms with Gasteiger partial charge < -0.3 is 20.3 Å². The van der Waals surface area contributed by atoms with Gasteiger partial charge in [0.2, 0.25) is 0 Å². The molecule has 1 aromatic rings. The van der Waals surface area contributed by atoms with Gasteiger partial charge in [-0.15, -0.1) is 0 Å². The molecule has 22 heavy (non-hydrogen) atoms. The molecule has 1 saturated heterocycles. The number of hydrogen-bond donors (Lipinski definition) is 1. The Morgan fingerprint density at radius 2 is 1.91 bits per heavy atom. The molecule has 6 heteroatoms. The maximum absolute atomic E-state index is 9.17. The summed E-state index contributed by atoms with van der Waals surface area (Å²) >= 11 is 4.94. The lowest BCUT2D eigenvalue weighted by Crippen LogP contribution is -2.46. The second-order valence-electron chi connectivity index (χ2n) is 5.08. The number of nitrogens with two attached hydrogens (primary N) is 1. The van der Waals surface area contributed by atoms with E-state index in [1.54, 1.807) is 7.11 Å².